The van der Waals surface area contributed by atoms with Gasteiger partial charge in [0.15, 0.2) is 0 Å². The molecule has 1 unspecified atom stereocenters. The van der Waals surface area contributed by atoms with Crippen LogP contribution in [0.25, 0.3) is 11.6 Å². The highest BCUT2D eigenvalue weighted by Gasteiger charge is 2.33. The van der Waals surface area contributed by atoms with Gasteiger partial charge in [0.2, 0.25) is 10.0 Å². The largest absolute Gasteiger partial charge is 0.299 e. The molecule has 5 nitrogen and oxygen atoms in total. The smallest absolute Gasteiger partial charge is 0.214 e. The number of carbonyl (C=O) groups excluding carboxylic acids is 1. The molecule has 0 aliphatic heterocycles. The van der Waals surface area contributed by atoms with Crippen LogP contribution in [0.1, 0.15) is 73.9 Å². The van der Waals surface area contributed by atoms with Gasteiger partial charge >= 0.3 is 0 Å². The molecular weight excluding hydrogens is 384 g/mol. The zero-order valence-corrected chi connectivity index (χ0v) is 17.5. The molecule has 154 valence electrons. The first kappa shape index (κ1) is 19.2. The molecule has 4 aliphatic rings. The number of hydrogen-bond acceptors (Lipinski definition) is 4. The maximum atomic E-state index is 12.4. The normalized spacial score (nSPS) is 24.1. The fraction of sp³-hybridized carbons (Fsp3) is 0.565. The van der Waals surface area contributed by atoms with E-state index in [2.05, 4.69) is 29.0 Å². The van der Waals surface area contributed by atoms with Crippen LogP contribution < -0.4 is 4.72 Å². The molecule has 4 aliphatic carbocycles. The van der Waals surface area contributed by atoms with Gasteiger partial charge in [-0.05, 0) is 62.1 Å². The van der Waals surface area contributed by atoms with E-state index in [0.717, 1.165) is 69.2 Å². The van der Waals surface area contributed by atoms with Crippen LogP contribution in [0.3, 0.4) is 0 Å². The maximum Gasteiger partial charge on any atom is 0.214 e. The molecule has 0 radical (unpaired) electrons. The highest BCUT2D eigenvalue weighted by molar-refractivity contribution is 7.90. The zero-order chi connectivity index (χ0) is 20.0. The SMILES string of the molecule is O=C(Cc1cc(C2=CCC(NS(=O)(=O)C3CCC3)CC2)c2c(n1)CC=C2)C1CC1. The van der Waals surface area contributed by atoms with Crippen LogP contribution in [0.15, 0.2) is 18.2 Å². The van der Waals surface area contributed by atoms with E-state index in [1.807, 2.05) is 0 Å². The van der Waals surface area contributed by atoms with Crippen molar-refractivity contribution in [2.45, 2.75) is 75.5 Å². The molecule has 0 bridgehead atoms. The highest BCUT2D eigenvalue weighted by atomic mass is 32.2. The number of pyridine rings is 1. The summed E-state index contributed by atoms with van der Waals surface area (Å²) in [7, 11) is -3.18. The molecule has 1 N–H and O–H groups in total. The Kier molecular flexibility index (Phi) is 4.95. The third-order valence-electron chi connectivity index (χ3n) is 6.75. The Hall–Kier alpha value is -1.79. The van der Waals surface area contributed by atoms with Crippen molar-refractivity contribution in [2.24, 2.45) is 5.92 Å². The number of nitrogens with zero attached hydrogens (tertiary/aromatic N) is 1. The summed E-state index contributed by atoms with van der Waals surface area (Å²) in [5.41, 5.74) is 5.56. The lowest BCUT2D eigenvalue weighted by Crippen LogP contribution is -2.44. The van der Waals surface area contributed by atoms with Gasteiger partial charge in [0.1, 0.15) is 5.78 Å². The molecule has 2 saturated carbocycles. The van der Waals surface area contributed by atoms with E-state index in [-0.39, 0.29) is 17.2 Å². The predicted molar refractivity (Wildman–Crippen MR) is 114 cm³/mol. The van der Waals surface area contributed by atoms with E-state index in [4.69, 9.17) is 4.98 Å². The molecule has 0 aromatic carbocycles. The van der Waals surface area contributed by atoms with Gasteiger partial charge in [0.25, 0.3) is 0 Å². The summed E-state index contributed by atoms with van der Waals surface area (Å²) < 4.78 is 27.8. The Balaban J connectivity index is 1.33. The molecule has 29 heavy (non-hydrogen) atoms. The van der Waals surface area contributed by atoms with Gasteiger partial charge in [-0.1, -0.05) is 24.6 Å². The number of allylic oxidation sites excluding steroid dienone is 2. The van der Waals surface area contributed by atoms with Crippen molar-refractivity contribution in [3.05, 3.63) is 40.7 Å². The summed E-state index contributed by atoms with van der Waals surface area (Å²) in [4.78, 5) is 17.0. The number of aromatic nitrogens is 1. The molecule has 1 atom stereocenters. The summed E-state index contributed by atoms with van der Waals surface area (Å²) in [6.45, 7) is 0. The molecule has 1 aromatic rings. The van der Waals surface area contributed by atoms with Gasteiger partial charge in [0, 0.05) is 36.1 Å². The summed E-state index contributed by atoms with van der Waals surface area (Å²) >= 11 is 0. The lowest BCUT2D eigenvalue weighted by atomic mass is 9.88. The van der Waals surface area contributed by atoms with Gasteiger partial charge in [-0.3, -0.25) is 9.78 Å². The number of sulfonamides is 1. The van der Waals surface area contributed by atoms with Crippen molar-refractivity contribution in [2.75, 3.05) is 0 Å². The standard InChI is InChI=1S/C23H28N2O3S/c26-23(16-7-8-16)14-18-13-21(20-5-2-6-22(20)24-18)15-9-11-17(12-10-15)25-29(27,28)19-3-1-4-19/h2,5,9,13,16-17,19,25H,1,3-4,6-8,10-12,14H2. The number of rotatable bonds is 7. The summed E-state index contributed by atoms with van der Waals surface area (Å²) in [5.74, 6) is 0.572. The van der Waals surface area contributed by atoms with Gasteiger partial charge < -0.3 is 0 Å². The number of carbonyl (C=O) groups is 1. The van der Waals surface area contributed by atoms with Crippen molar-refractivity contribution in [3.8, 4) is 0 Å². The van der Waals surface area contributed by atoms with Gasteiger partial charge in [-0.25, -0.2) is 13.1 Å². The predicted octanol–water partition coefficient (Wildman–Crippen LogP) is 3.58. The highest BCUT2D eigenvalue weighted by Crippen LogP contribution is 2.36. The van der Waals surface area contributed by atoms with Crippen molar-refractivity contribution in [1.82, 2.24) is 9.71 Å². The van der Waals surface area contributed by atoms with Crippen molar-refractivity contribution in [1.29, 1.82) is 0 Å². The van der Waals surface area contributed by atoms with Crippen LogP contribution in [-0.2, 0) is 27.7 Å². The Morgan fingerprint density at radius 2 is 2.00 bits per heavy atom. The quantitative estimate of drug-likeness (QED) is 0.743. The van der Waals surface area contributed by atoms with E-state index >= 15 is 0 Å². The number of hydrogen-bond donors (Lipinski definition) is 1. The van der Waals surface area contributed by atoms with E-state index in [1.54, 1.807) is 0 Å². The first-order valence-corrected chi connectivity index (χ1v) is 12.5. The molecule has 6 heteroatoms. The molecule has 2 fully saturated rings. The van der Waals surface area contributed by atoms with Crippen LogP contribution >= 0.6 is 0 Å². The third-order valence-corrected chi connectivity index (χ3v) is 8.76. The fourth-order valence-electron chi connectivity index (χ4n) is 4.58. The van der Waals surface area contributed by atoms with E-state index in [0.29, 0.717) is 12.2 Å². The number of fused-ring (bicyclic) bond motifs is 1. The maximum absolute atomic E-state index is 12.4. The zero-order valence-electron chi connectivity index (χ0n) is 16.7. The first-order chi connectivity index (χ1) is 14.0. The van der Waals surface area contributed by atoms with Crippen LogP contribution in [0.2, 0.25) is 0 Å². The third kappa shape index (κ3) is 3.97. The number of ketones is 1. The van der Waals surface area contributed by atoms with Crippen molar-refractivity contribution < 1.29 is 13.2 Å². The van der Waals surface area contributed by atoms with E-state index in [1.165, 1.54) is 16.7 Å². The topological polar surface area (TPSA) is 76.1 Å². The Bertz CT molecular complexity index is 1000. The minimum absolute atomic E-state index is 0.00862. The van der Waals surface area contributed by atoms with Crippen LogP contribution in [0, 0.1) is 5.92 Å². The monoisotopic (exact) mass is 412 g/mol. The molecule has 0 spiro atoms. The summed E-state index contributed by atoms with van der Waals surface area (Å²) in [5, 5.41) is -0.187. The molecule has 5 rings (SSSR count). The van der Waals surface area contributed by atoms with Crippen LogP contribution in [-0.4, -0.2) is 30.5 Å². The molecule has 1 heterocycles. The van der Waals surface area contributed by atoms with E-state index in [9.17, 15) is 13.2 Å². The lowest BCUT2D eigenvalue weighted by molar-refractivity contribution is -0.119. The van der Waals surface area contributed by atoms with Crippen LogP contribution in [0.4, 0.5) is 0 Å². The van der Waals surface area contributed by atoms with Gasteiger partial charge in [0.05, 0.1) is 10.9 Å². The summed E-state index contributed by atoms with van der Waals surface area (Å²) in [6.07, 6.45) is 14.8. The molecule has 0 amide bonds. The minimum Gasteiger partial charge on any atom is -0.299 e. The number of Topliss-reactive ketones (excluding diaryl/α,β-unsaturated/α-hetero) is 1. The first-order valence-electron chi connectivity index (χ1n) is 10.9. The lowest BCUT2D eigenvalue weighted by Gasteiger charge is -2.30. The average molecular weight is 413 g/mol. The Morgan fingerprint density at radius 3 is 2.66 bits per heavy atom. The molecular formula is C23H28N2O3S. The van der Waals surface area contributed by atoms with Crippen molar-refractivity contribution >= 4 is 27.5 Å². The average Bonchev–Trinajstić information content (AvgIpc) is 3.38. The second kappa shape index (κ2) is 7.47. The number of nitrogens with one attached hydrogen (secondary N) is 1. The van der Waals surface area contributed by atoms with Gasteiger partial charge in [-0.15, -0.1) is 0 Å². The molecule has 1 aromatic heterocycles. The van der Waals surface area contributed by atoms with E-state index < -0.39 is 10.0 Å². The molecule has 0 saturated heterocycles. The van der Waals surface area contributed by atoms with Crippen LogP contribution in [0.5, 0.6) is 0 Å². The Morgan fingerprint density at radius 1 is 1.17 bits per heavy atom. The second-order valence-corrected chi connectivity index (χ2v) is 11.0. The Labute approximate surface area is 172 Å². The van der Waals surface area contributed by atoms with Crippen molar-refractivity contribution in [3.63, 3.8) is 0 Å². The summed E-state index contributed by atoms with van der Waals surface area (Å²) in [6, 6.07) is 2.09. The van der Waals surface area contributed by atoms with Gasteiger partial charge in [-0.2, -0.15) is 0 Å². The minimum atomic E-state index is -3.18. The fourth-order valence-corrected chi connectivity index (χ4v) is 6.40. The second-order valence-electron chi connectivity index (χ2n) is 8.96.